The molecule has 0 aliphatic carbocycles. The molecule has 106 valence electrons. The van der Waals surface area contributed by atoms with Gasteiger partial charge in [0.1, 0.15) is 0 Å². The molecule has 6 nitrogen and oxygen atoms in total. The molecular formula is C11H16N2O4S2. The second-order valence-electron chi connectivity index (χ2n) is 4.60. The van der Waals surface area contributed by atoms with Crippen molar-refractivity contribution in [1.29, 1.82) is 0 Å². The number of carboxylic acids is 1. The molecule has 2 rings (SSSR count). The van der Waals surface area contributed by atoms with Gasteiger partial charge in [-0.25, -0.2) is 18.2 Å². The molecule has 1 atom stereocenters. The van der Waals surface area contributed by atoms with Gasteiger partial charge in [0.2, 0.25) is 0 Å². The highest BCUT2D eigenvalue weighted by Crippen LogP contribution is 2.30. The van der Waals surface area contributed by atoms with Gasteiger partial charge in [0.15, 0.2) is 9.90 Å². The number of hydrogen-bond acceptors (Lipinski definition) is 5. The van der Waals surface area contributed by atoms with Gasteiger partial charge in [-0.15, -0.1) is 11.3 Å². The summed E-state index contributed by atoms with van der Waals surface area (Å²) in [5.41, 5.74) is 0.889. The topological polar surface area (TPSA) is 87.6 Å². The summed E-state index contributed by atoms with van der Waals surface area (Å²) in [6.07, 6.45) is 2.87. The quantitative estimate of drug-likeness (QED) is 0.893. The summed E-state index contributed by atoms with van der Waals surface area (Å²) >= 11 is 0.865. The number of hydrogen-bond donors (Lipinski definition) is 1. The second-order valence-corrected chi connectivity index (χ2v) is 7.59. The van der Waals surface area contributed by atoms with Crippen LogP contribution in [0.4, 0.5) is 0 Å². The van der Waals surface area contributed by atoms with Crippen LogP contribution in [0, 0.1) is 5.92 Å². The molecule has 1 saturated heterocycles. The lowest BCUT2D eigenvalue weighted by Gasteiger charge is -2.15. The zero-order chi connectivity index (χ0) is 14.0. The van der Waals surface area contributed by atoms with Gasteiger partial charge in [-0.2, -0.15) is 4.31 Å². The van der Waals surface area contributed by atoms with Gasteiger partial charge in [0.05, 0.1) is 5.51 Å². The lowest BCUT2D eigenvalue weighted by molar-refractivity contribution is 0.0687. The Kier molecular flexibility index (Phi) is 4.22. The molecule has 8 heteroatoms. The standard InChI is InChI=1S/C11H16N2O4S2/c1-2-3-8-4-5-13(6-8)19(16,17)11-9(10(14)15)12-7-18-11/h7-8H,2-6H2,1H3,(H,14,15). The summed E-state index contributed by atoms with van der Waals surface area (Å²) < 4.78 is 26.0. The van der Waals surface area contributed by atoms with E-state index in [0.717, 1.165) is 30.6 Å². The highest BCUT2D eigenvalue weighted by Gasteiger charge is 2.36. The van der Waals surface area contributed by atoms with Crippen molar-refractivity contribution in [3.8, 4) is 0 Å². The van der Waals surface area contributed by atoms with Crippen molar-refractivity contribution in [1.82, 2.24) is 9.29 Å². The van der Waals surface area contributed by atoms with E-state index in [9.17, 15) is 13.2 Å². The van der Waals surface area contributed by atoms with Crippen LogP contribution in [0.5, 0.6) is 0 Å². The maximum atomic E-state index is 12.4. The van der Waals surface area contributed by atoms with Gasteiger partial charge >= 0.3 is 5.97 Å². The van der Waals surface area contributed by atoms with Gasteiger partial charge in [-0.1, -0.05) is 13.3 Å². The second kappa shape index (κ2) is 5.56. The highest BCUT2D eigenvalue weighted by atomic mass is 32.2. The van der Waals surface area contributed by atoms with Crippen LogP contribution < -0.4 is 0 Å². The smallest absolute Gasteiger partial charge is 0.356 e. The molecule has 0 saturated carbocycles. The first-order valence-electron chi connectivity index (χ1n) is 6.13. The van der Waals surface area contributed by atoms with Crippen LogP contribution in [0.15, 0.2) is 9.72 Å². The first kappa shape index (κ1) is 14.4. The molecule has 0 bridgehead atoms. The Morgan fingerprint density at radius 2 is 2.37 bits per heavy atom. The lowest BCUT2D eigenvalue weighted by Crippen LogP contribution is -2.29. The monoisotopic (exact) mass is 304 g/mol. The fourth-order valence-corrected chi connectivity index (χ4v) is 5.15. The van der Waals surface area contributed by atoms with Crippen molar-refractivity contribution in [3.05, 3.63) is 11.2 Å². The van der Waals surface area contributed by atoms with Crippen molar-refractivity contribution in [2.45, 2.75) is 30.4 Å². The Hall–Kier alpha value is -0.990. The minimum Gasteiger partial charge on any atom is -0.476 e. The van der Waals surface area contributed by atoms with Crippen molar-refractivity contribution >= 4 is 27.3 Å². The van der Waals surface area contributed by atoms with E-state index < -0.39 is 16.0 Å². The molecule has 1 aromatic rings. The molecule has 1 aromatic heterocycles. The number of aromatic carboxylic acids is 1. The Bertz CT molecular complexity index is 567. The number of sulfonamides is 1. The third-order valence-corrected chi connectivity index (χ3v) is 6.47. The number of rotatable bonds is 5. The number of carbonyl (C=O) groups is 1. The summed E-state index contributed by atoms with van der Waals surface area (Å²) in [4.78, 5) is 14.6. The van der Waals surface area contributed by atoms with Crippen LogP contribution in [0.2, 0.25) is 0 Å². The van der Waals surface area contributed by atoms with Crippen molar-refractivity contribution in [2.24, 2.45) is 5.92 Å². The average Bonchev–Trinajstić information content (AvgIpc) is 2.97. The Morgan fingerprint density at radius 1 is 1.63 bits per heavy atom. The molecule has 0 radical (unpaired) electrons. The van der Waals surface area contributed by atoms with Crippen molar-refractivity contribution in [2.75, 3.05) is 13.1 Å². The first-order valence-corrected chi connectivity index (χ1v) is 8.45. The fourth-order valence-electron chi connectivity index (χ4n) is 2.34. The molecule has 1 aliphatic rings. The van der Waals surface area contributed by atoms with Gasteiger partial charge in [0.25, 0.3) is 10.0 Å². The predicted molar refractivity (Wildman–Crippen MR) is 70.8 cm³/mol. The molecule has 1 aliphatic heterocycles. The summed E-state index contributed by atoms with van der Waals surface area (Å²) in [5, 5.41) is 8.96. The van der Waals surface area contributed by atoms with E-state index >= 15 is 0 Å². The normalized spacial score (nSPS) is 20.8. The van der Waals surface area contributed by atoms with Crippen LogP contribution in [-0.4, -0.2) is 41.9 Å². The molecule has 19 heavy (non-hydrogen) atoms. The summed E-state index contributed by atoms with van der Waals surface area (Å²) in [7, 11) is -3.71. The molecule has 1 fully saturated rings. The Morgan fingerprint density at radius 3 is 3.00 bits per heavy atom. The van der Waals surface area contributed by atoms with Gasteiger partial charge < -0.3 is 5.11 Å². The third-order valence-electron chi connectivity index (χ3n) is 3.26. The van der Waals surface area contributed by atoms with Gasteiger partial charge in [0, 0.05) is 13.1 Å². The number of nitrogens with zero attached hydrogens (tertiary/aromatic N) is 2. The van der Waals surface area contributed by atoms with Crippen LogP contribution in [-0.2, 0) is 10.0 Å². The van der Waals surface area contributed by atoms with Gasteiger partial charge in [-0.3, -0.25) is 0 Å². The average molecular weight is 304 g/mol. The Balaban J connectivity index is 2.24. The molecule has 0 spiro atoms. The largest absolute Gasteiger partial charge is 0.476 e. The maximum absolute atomic E-state index is 12.4. The first-order chi connectivity index (χ1) is 8.96. The fraction of sp³-hybridized carbons (Fsp3) is 0.636. The van der Waals surface area contributed by atoms with E-state index in [4.69, 9.17) is 5.11 Å². The minimum absolute atomic E-state index is 0.155. The van der Waals surface area contributed by atoms with E-state index in [1.165, 1.54) is 9.82 Å². The molecule has 1 unspecified atom stereocenters. The SMILES string of the molecule is CCCC1CCN(S(=O)(=O)c2scnc2C(=O)O)C1. The maximum Gasteiger partial charge on any atom is 0.356 e. The third kappa shape index (κ3) is 2.80. The Labute approximate surface area is 116 Å². The van der Waals surface area contributed by atoms with Crippen LogP contribution in [0.3, 0.4) is 0 Å². The van der Waals surface area contributed by atoms with E-state index in [0.29, 0.717) is 19.0 Å². The van der Waals surface area contributed by atoms with Crippen molar-refractivity contribution < 1.29 is 18.3 Å². The molecular weight excluding hydrogens is 288 g/mol. The van der Waals surface area contributed by atoms with E-state index in [1.54, 1.807) is 0 Å². The lowest BCUT2D eigenvalue weighted by atomic mass is 10.0. The number of thiazole rings is 1. The number of carboxylic acid groups (broad SMARTS) is 1. The summed E-state index contributed by atoms with van der Waals surface area (Å²) in [6.45, 7) is 3.01. The molecule has 0 aromatic carbocycles. The summed E-state index contributed by atoms with van der Waals surface area (Å²) in [5.74, 6) is -0.926. The van der Waals surface area contributed by atoms with E-state index in [-0.39, 0.29) is 9.90 Å². The zero-order valence-corrected chi connectivity index (χ0v) is 12.2. The van der Waals surface area contributed by atoms with Crippen LogP contribution >= 0.6 is 11.3 Å². The predicted octanol–water partition coefficient (Wildman–Crippen LogP) is 1.65. The summed E-state index contributed by atoms with van der Waals surface area (Å²) in [6, 6.07) is 0. The molecule has 2 heterocycles. The van der Waals surface area contributed by atoms with E-state index in [1.807, 2.05) is 0 Å². The minimum atomic E-state index is -3.71. The molecule has 1 N–H and O–H groups in total. The number of aromatic nitrogens is 1. The molecule has 0 amide bonds. The van der Waals surface area contributed by atoms with E-state index in [2.05, 4.69) is 11.9 Å². The highest BCUT2D eigenvalue weighted by molar-refractivity contribution is 7.91. The van der Waals surface area contributed by atoms with Crippen molar-refractivity contribution in [3.63, 3.8) is 0 Å². The van der Waals surface area contributed by atoms with Crippen LogP contribution in [0.1, 0.15) is 36.7 Å². The zero-order valence-electron chi connectivity index (χ0n) is 10.6. The van der Waals surface area contributed by atoms with Gasteiger partial charge in [-0.05, 0) is 18.8 Å². The van der Waals surface area contributed by atoms with Crippen LogP contribution in [0.25, 0.3) is 0 Å².